The molecule has 0 bridgehead atoms. The fourth-order valence-corrected chi connectivity index (χ4v) is 4.98. The number of pyridine rings is 1. The van der Waals surface area contributed by atoms with Crippen LogP contribution in [-0.2, 0) is 4.74 Å². The number of hydrogen-bond donors (Lipinski definition) is 1. The van der Waals surface area contributed by atoms with E-state index >= 15 is 0 Å². The number of ether oxygens (including phenoxy) is 1. The monoisotopic (exact) mass is 447 g/mol. The second kappa shape index (κ2) is 9.81. The Hall–Kier alpha value is -2.74. The van der Waals surface area contributed by atoms with Crippen molar-refractivity contribution in [1.29, 1.82) is 0 Å². The number of aromatic nitrogens is 2. The van der Waals surface area contributed by atoms with E-state index in [2.05, 4.69) is 73.5 Å². The zero-order valence-corrected chi connectivity index (χ0v) is 19.0. The number of morpholine rings is 1. The number of nitrogens with one attached hydrogen (secondary N) is 1. The van der Waals surface area contributed by atoms with Crippen LogP contribution in [0.25, 0.3) is 5.69 Å². The van der Waals surface area contributed by atoms with Crippen LogP contribution in [0.5, 0.6) is 0 Å². The van der Waals surface area contributed by atoms with Crippen molar-refractivity contribution in [3.05, 3.63) is 84.4 Å². The zero-order valence-electron chi connectivity index (χ0n) is 18.1. The van der Waals surface area contributed by atoms with Gasteiger partial charge < -0.3 is 19.5 Å². The largest absolute Gasteiger partial charge is 0.379 e. The number of nitrogens with zero attached hydrogens (tertiary/aromatic N) is 4. The molecule has 4 heterocycles. The Balaban J connectivity index is 1.39. The predicted octanol–water partition coefficient (Wildman–Crippen LogP) is 3.57. The van der Waals surface area contributed by atoms with Crippen LogP contribution in [0, 0.1) is 0 Å². The van der Waals surface area contributed by atoms with Gasteiger partial charge in [0, 0.05) is 50.5 Å². The van der Waals surface area contributed by atoms with Crippen molar-refractivity contribution in [2.75, 3.05) is 39.4 Å². The molecule has 0 amide bonds. The summed E-state index contributed by atoms with van der Waals surface area (Å²) in [6.07, 6.45) is 7.27. The van der Waals surface area contributed by atoms with Crippen LogP contribution in [-0.4, -0.2) is 63.9 Å². The summed E-state index contributed by atoms with van der Waals surface area (Å²) in [5, 5.41) is 4.36. The maximum absolute atomic E-state index is 5.81. The highest BCUT2D eigenvalue weighted by atomic mass is 32.1. The molecule has 2 unspecified atom stereocenters. The summed E-state index contributed by atoms with van der Waals surface area (Å²) >= 11 is 5.81. The molecule has 1 N–H and O–H groups in total. The molecule has 0 spiro atoms. The van der Waals surface area contributed by atoms with Gasteiger partial charge in [-0.05, 0) is 54.5 Å². The molecule has 2 aliphatic heterocycles. The molecule has 0 saturated carbocycles. The highest BCUT2D eigenvalue weighted by Crippen LogP contribution is 2.39. The van der Waals surface area contributed by atoms with Crippen LogP contribution < -0.4 is 5.32 Å². The third-order valence-corrected chi connectivity index (χ3v) is 6.64. The van der Waals surface area contributed by atoms with Crippen molar-refractivity contribution < 1.29 is 4.74 Å². The molecule has 5 rings (SSSR count). The molecule has 2 aromatic heterocycles. The molecule has 6 nitrogen and oxygen atoms in total. The molecule has 1 aromatic carbocycles. The van der Waals surface area contributed by atoms with Crippen molar-refractivity contribution >= 4 is 17.3 Å². The maximum Gasteiger partial charge on any atom is 0.170 e. The van der Waals surface area contributed by atoms with E-state index in [1.165, 1.54) is 5.56 Å². The minimum atomic E-state index is 0.0266. The Bertz CT molecular complexity index is 1020. The van der Waals surface area contributed by atoms with Gasteiger partial charge in [0.05, 0.1) is 31.0 Å². The lowest BCUT2D eigenvalue weighted by Gasteiger charge is -2.30. The Kier molecular flexibility index (Phi) is 6.48. The number of benzene rings is 1. The normalized spacial score (nSPS) is 21.6. The van der Waals surface area contributed by atoms with E-state index in [9.17, 15) is 0 Å². The second-order valence-corrected chi connectivity index (χ2v) is 8.70. The Morgan fingerprint density at radius 3 is 2.59 bits per heavy atom. The van der Waals surface area contributed by atoms with Gasteiger partial charge in [-0.2, -0.15) is 0 Å². The van der Waals surface area contributed by atoms with Crippen molar-refractivity contribution in [1.82, 2.24) is 24.7 Å². The van der Waals surface area contributed by atoms with E-state index in [-0.39, 0.29) is 12.1 Å². The molecular weight excluding hydrogens is 418 g/mol. The van der Waals surface area contributed by atoms with Crippen LogP contribution in [0.15, 0.2) is 73.2 Å². The first-order chi connectivity index (χ1) is 15.8. The summed E-state index contributed by atoms with van der Waals surface area (Å²) in [6.45, 7) is 5.68. The molecule has 2 atom stereocenters. The second-order valence-electron chi connectivity index (χ2n) is 8.32. The number of hydrogen-bond acceptors (Lipinski definition) is 4. The molecule has 0 aliphatic carbocycles. The third kappa shape index (κ3) is 4.55. The third-order valence-electron chi connectivity index (χ3n) is 6.29. The molecule has 2 saturated heterocycles. The first-order valence-corrected chi connectivity index (χ1v) is 11.7. The van der Waals surface area contributed by atoms with Crippen LogP contribution in [0.3, 0.4) is 0 Å². The summed E-state index contributed by atoms with van der Waals surface area (Å²) in [6, 6.07) is 18.8. The SMILES string of the molecule is S=C1NC(c2ccccn2)C(c2ccn(-c3ccccc3)c2)N1CCCN1CCOCC1. The highest BCUT2D eigenvalue weighted by Gasteiger charge is 2.39. The van der Waals surface area contributed by atoms with Gasteiger partial charge >= 0.3 is 0 Å². The summed E-state index contributed by atoms with van der Waals surface area (Å²) in [5.74, 6) is 0. The highest BCUT2D eigenvalue weighted by molar-refractivity contribution is 7.80. The Labute approximate surface area is 194 Å². The van der Waals surface area contributed by atoms with E-state index in [4.69, 9.17) is 17.0 Å². The molecule has 3 aromatic rings. The fourth-order valence-electron chi connectivity index (χ4n) is 4.65. The first-order valence-electron chi connectivity index (χ1n) is 11.3. The molecule has 2 aliphatic rings. The van der Waals surface area contributed by atoms with Crippen LogP contribution >= 0.6 is 12.2 Å². The average molecular weight is 448 g/mol. The summed E-state index contributed by atoms with van der Waals surface area (Å²) < 4.78 is 7.66. The minimum absolute atomic E-state index is 0.0266. The zero-order chi connectivity index (χ0) is 21.8. The van der Waals surface area contributed by atoms with Crippen molar-refractivity contribution in [3.63, 3.8) is 0 Å². The smallest absolute Gasteiger partial charge is 0.170 e. The van der Waals surface area contributed by atoms with Gasteiger partial charge in [0.1, 0.15) is 0 Å². The molecule has 7 heteroatoms. The number of thiocarbonyl (C=S) groups is 1. The van der Waals surface area contributed by atoms with Crippen LogP contribution in [0.2, 0.25) is 0 Å². The Morgan fingerprint density at radius 1 is 1.00 bits per heavy atom. The summed E-state index contributed by atoms with van der Waals surface area (Å²) in [7, 11) is 0. The topological polar surface area (TPSA) is 45.6 Å². The van der Waals surface area contributed by atoms with E-state index in [1.54, 1.807) is 0 Å². The predicted molar refractivity (Wildman–Crippen MR) is 130 cm³/mol. The van der Waals surface area contributed by atoms with Gasteiger partial charge in [0.2, 0.25) is 0 Å². The van der Waals surface area contributed by atoms with Crippen molar-refractivity contribution in [2.45, 2.75) is 18.5 Å². The Morgan fingerprint density at radius 2 is 1.81 bits per heavy atom. The lowest BCUT2D eigenvalue weighted by Crippen LogP contribution is -2.38. The van der Waals surface area contributed by atoms with Crippen LogP contribution in [0.4, 0.5) is 0 Å². The standard InChI is InChI=1S/C25H29N5OS/c32-25-27-23(22-9-4-5-11-26-22)24(30(25)13-6-12-28-15-17-31-18-16-28)20-10-14-29(19-20)21-7-2-1-3-8-21/h1-5,7-11,14,19,23-24H,6,12-13,15-18H2,(H,27,32). The minimum Gasteiger partial charge on any atom is -0.379 e. The van der Waals surface area contributed by atoms with E-state index < -0.39 is 0 Å². The molecule has 2 fully saturated rings. The maximum atomic E-state index is 5.81. The van der Waals surface area contributed by atoms with Crippen molar-refractivity contribution in [3.8, 4) is 5.69 Å². The summed E-state index contributed by atoms with van der Waals surface area (Å²) in [5.41, 5.74) is 3.41. The van der Waals surface area contributed by atoms with E-state index in [1.807, 2.05) is 24.4 Å². The number of para-hydroxylation sites is 1. The molecule has 32 heavy (non-hydrogen) atoms. The lowest BCUT2D eigenvalue weighted by atomic mass is 9.99. The van der Waals surface area contributed by atoms with E-state index in [0.717, 1.165) is 62.3 Å². The number of rotatable bonds is 7. The first kappa shape index (κ1) is 21.1. The fraction of sp³-hybridized carbons (Fsp3) is 0.360. The van der Waals surface area contributed by atoms with E-state index in [0.29, 0.717) is 0 Å². The van der Waals surface area contributed by atoms with Crippen molar-refractivity contribution in [2.24, 2.45) is 0 Å². The van der Waals surface area contributed by atoms with Gasteiger partial charge in [-0.3, -0.25) is 9.88 Å². The van der Waals surface area contributed by atoms with Gasteiger partial charge in [-0.25, -0.2) is 0 Å². The quantitative estimate of drug-likeness (QED) is 0.559. The molecule has 166 valence electrons. The van der Waals surface area contributed by atoms with Gasteiger partial charge in [-0.1, -0.05) is 24.3 Å². The molecule has 0 radical (unpaired) electrons. The van der Waals surface area contributed by atoms with Gasteiger partial charge in [0.15, 0.2) is 5.11 Å². The molecular formula is C25H29N5OS. The van der Waals surface area contributed by atoms with Crippen LogP contribution in [0.1, 0.15) is 29.8 Å². The average Bonchev–Trinajstić information content (AvgIpc) is 3.46. The van der Waals surface area contributed by atoms with Gasteiger partial charge in [-0.15, -0.1) is 0 Å². The lowest BCUT2D eigenvalue weighted by molar-refractivity contribution is 0.0365. The van der Waals surface area contributed by atoms with Gasteiger partial charge in [0.25, 0.3) is 0 Å². The summed E-state index contributed by atoms with van der Waals surface area (Å²) in [4.78, 5) is 9.47.